The maximum atomic E-state index is 12.5. The van der Waals surface area contributed by atoms with Crippen molar-refractivity contribution in [2.24, 2.45) is 0 Å². The molecule has 1 N–H and O–H groups in total. The van der Waals surface area contributed by atoms with Gasteiger partial charge < -0.3 is 9.73 Å². The van der Waals surface area contributed by atoms with Gasteiger partial charge in [-0.3, -0.25) is 4.79 Å². The Kier molecular flexibility index (Phi) is 4.91. The standard InChI is InChI=1S/C20H11BrCl2N2O2/c21-12-3-7-16(23)15(9-12)19(26)24-14-6-8-18-17(10-14)25-20(27-18)11-1-4-13(22)5-2-11/h1-10H,(H,24,26). The zero-order valence-electron chi connectivity index (χ0n) is 13.7. The second-order valence-electron chi connectivity index (χ2n) is 5.79. The highest BCUT2D eigenvalue weighted by Crippen LogP contribution is 2.28. The summed E-state index contributed by atoms with van der Waals surface area (Å²) in [5.74, 6) is 0.183. The molecule has 3 aromatic carbocycles. The van der Waals surface area contributed by atoms with Crippen LogP contribution >= 0.6 is 39.1 Å². The van der Waals surface area contributed by atoms with Gasteiger partial charge in [-0.2, -0.15) is 0 Å². The highest BCUT2D eigenvalue weighted by Gasteiger charge is 2.13. The Morgan fingerprint density at radius 3 is 2.56 bits per heavy atom. The molecule has 27 heavy (non-hydrogen) atoms. The lowest BCUT2D eigenvalue weighted by Gasteiger charge is -2.07. The Labute approximate surface area is 173 Å². The summed E-state index contributed by atoms with van der Waals surface area (Å²) in [6, 6.07) is 17.6. The molecule has 0 aliphatic heterocycles. The minimum Gasteiger partial charge on any atom is -0.436 e. The van der Waals surface area contributed by atoms with Crippen molar-refractivity contribution in [2.45, 2.75) is 0 Å². The number of carbonyl (C=O) groups is 1. The van der Waals surface area contributed by atoms with E-state index in [1.807, 2.05) is 12.1 Å². The molecule has 134 valence electrons. The molecule has 0 fully saturated rings. The summed E-state index contributed by atoms with van der Waals surface area (Å²) in [7, 11) is 0. The average Bonchev–Trinajstić information content (AvgIpc) is 3.07. The van der Waals surface area contributed by atoms with Crippen LogP contribution in [0.15, 0.2) is 69.6 Å². The Morgan fingerprint density at radius 1 is 1.00 bits per heavy atom. The van der Waals surface area contributed by atoms with E-state index in [2.05, 4.69) is 26.2 Å². The number of fused-ring (bicyclic) bond motifs is 1. The number of halogens is 3. The van der Waals surface area contributed by atoms with Gasteiger partial charge >= 0.3 is 0 Å². The first-order valence-corrected chi connectivity index (χ1v) is 9.47. The minimum atomic E-state index is -0.304. The summed E-state index contributed by atoms with van der Waals surface area (Å²) < 4.78 is 6.55. The molecular weight excluding hydrogens is 451 g/mol. The lowest BCUT2D eigenvalue weighted by molar-refractivity contribution is 0.102. The molecule has 4 rings (SSSR count). The molecule has 0 unspecified atom stereocenters. The maximum absolute atomic E-state index is 12.5. The second kappa shape index (κ2) is 7.35. The smallest absolute Gasteiger partial charge is 0.257 e. The molecule has 0 bridgehead atoms. The SMILES string of the molecule is O=C(Nc1ccc2oc(-c3ccc(Cl)cc3)nc2c1)c1cc(Br)ccc1Cl. The van der Waals surface area contributed by atoms with Gasteiger partial charge in [-0.05, 0) is 60.7 Å². The van der Waals surface area contributed by atoms with Crippen LogP contribution in [0.4, 0.5) is 5.69 Å². The number of aromatic nitrogens is 1. The number of anilines is 1. The quantitative estimate of drug-likeness (QED) is 0.364. The Morgan fingerprint density at radius 2 is 1.78 bits per heavy atom. The van der Waals surface area contributed by atoms with Crippen molar-refractivity contribution in [3.8, 4) is 11.5 Å². The van der Waals surface area contributed by atoms with E-state index >= 15 is 0 Å². The molecule has 7 heteroatoms. The van der Waals surface area contributed by atoms with E-state index in [0.29, 0.717) is 38.3 Å². The molecule has 4 aromatic rings. The van der Waals surface area contributed by atoms with Crippen LogP contribution in [-0.4, -0.2) is 10.9 Å². The number of oxazole rings is 1. The zero-order chi connectivity index (χ0) is 19.0. The van der Waals surface area contributed by atoms with E-state index in [1.54, 1.807) is 48.5 Å². The van der Waals surface area contributed by atoms with Crippen LogP contribution in [0.5, 0.6) is 0 Å². The number of hydrogen-bond acceptors (Lipinski definition) is 3. The maximum Gasteiger partial charge on any atom is 0.257 e. The number of nitrogens with zero attached hydrogens (tertiary/aromatic N) is 1. The fourth-order valence-electron chi connectivity index (χ4n) is 2.59. The predicted octanol–water partition coefficient (Wildman–Crippen LogP) is 6.82. The van der Waals surface area contributed by atoms with Gasteiger partial charge in [0.2, 0.25) is 5.89 Å². The van der Waals surface area contributed by atoms with Crippen LogP contribution in [0, 0.1) is 0 Å². The largest absolute Gasteiger partial charge is 0.436 e. The average molecular weight is 462 g/mol. The van der Waals surface area contributed by atoms with Crippen LogP contribution in [-0.2, 0) is 0 Å². The predicted molar refractivity (Wildman–Crippen MR) is 112 cm³/mol. The number of carbonyl (C=O) groups excluding carboxylic acids is 1. The van der Waals surface area contributed by atoms with Gasteiger partial charge in [0, 0.05) is 20.7 Å². The van der Waals surface area contributed by atoms with E-state index in [1.165, 1.54) is 0 Å². The Hall–Kier alpha value is -2.34. The van der Waals surface area contributed by atoms with E-state index in [9.17, 15) is 4.79 Å². The molecule has 0 aliphatic carbocycles. The fraction of sp³-hybridized carbons (Fsp3) is 0. The lowest BCUT2D eigenvalue weighted by Crippen LogP contribution is -2.12. The highest BCUT2D eigenvalue weighted by molar-refractivity contribution is 9.10. The molecule has 0 aliphatic rings. The summed E-state index contributed by atoms with van der Waals surface area (Å²) in [5, 5.41) is 3.85. The molecular formula is C20H11BrCl2N2O2. The monoisotopic (exact) mass is 460 g/mol. The molecule has 0 radical (unpaired) electrons. The molecule has 0 spiro atoms. The van der Waals surface area contributed by atoms with Crippen LogP contribution in [0.2, 0.25) is 10.0 Å². The van der Waals surface area contributed by atoms with Gasteiger partial charge in [-0.1, -0.05) is 39.1 Å². The number of amides is 1. The fourth-order valence-corrected chi connectivity index (χ4v) is 3.28. The normalized spacial score (nSPS) is 10.9. The molecule has 0 saturated heterocycles. The van der Waals surface area contributed by atoms with Gasteiger partial charge in [0.25, 0.3) is 5.91 Å². The van der Waals surface area contributed by atoms with Crippen LogP contribution in [0.1, 0.15) is 10.4 Å². The zero-order valence-corrected chi connectivity index (χ0v) is 16.8. The number of rotatable bonds is 3. The Bertz CT molecular complexity index is 1160. The lowest BCUT2D eigenvalue weighted by atomic mass is 10.2. The van der Waals surface area contributed by atoms with Gasteiger partial charge in [-0.25, -0.2) is 4.98 Å². The van der Waals surface area contributed by atoms with Crippen molar-refractivity contribution in [2.75, 3.05) is 5.32 Å². The first-order valence-electron chi connectivity index (χ1n) is 7.92. The van der Waals surface area contributed by atoms with Crippen molar-refractivity contribution in [3.05, 3.63) is 80.7 Å². The first kappa shape index (κ1) is 18.0. The third-order valence-corrected chi connectivity index (χ3v) is 4.98. The number of hydrogen-bond donors (Lipinski definition) is 1. The first-order chi connectivity index (χ1) is 13.0. The van der Waals surface area contributed by atoms with E-state index in [4.69, 9.17) is 27.6 Å². The van der Waals surface area contributed by atoms with Gasteiger partial charge in [0.05, 0.1) is 10.6 Å². The van der Waals surface area contributed by atoms with Crippen LogP contribution in [0.25, 0.3) is 22.6 Å². The Balaban J connectivity index is 1.62. The van der Waals surface area contributed by atoms with Crippen LogP contribution in [0.3, 0.4) is 0 Å². The third kappa shape index (κ3) is 3.86. The molecule has 0 atom stereocenters. The summed E-state index contributed by atoms with van der Waals surface area (Å²) in [6.07, 6.45) is 0. The van der Waals surface area contributed by atoms with Crippen molar-refractivity contribution in [1.29, 1.82) is 0 Å². The van der Waals surface area contributed by atoms with Crippen molar-refractivity contribution >= 4 is 61.8 Å². The summed E-state index contributed by atoms with van der Waals surface area (Å²) >= 11 is 15.4. The van der Waals surface area contributed by atoms with E-state index in [0.717, 1.165) is 10.0 Å². The van der Waals surface area contributed by atoms with Crippen LogP contribution < -0.4 is 5.32 Å². The molecule has 4 nitrogen and oxygen atoms in total. The third-order valence-electron chi connectivity index (χ3n) is 3.91. The van der Waals surface area contributed by atoms with E-state index in [-0.39, 0.29) is 5.91 Å². The molecule has 0 saturated carbocycles. The second-order valence-corrected chi connectivity index (χ2v) is 7.55. The topological polar surface area (TPSA) is 55.1 Å². The van der Waals surface area contributed by atoms with Gasteiger partial charge in [-0.15, -0.1) is 0 Å². The summed E-state index contributed by atoms with van der Waals surface area (Å²) in [4.78, 5) is 17.0. The summed E-state index contributed by atoms with van der Waals surface area (Å²) in [5.41, 5.74) is 3.06. The number of benzene rings is 3. The van der Waals surface area contributed by atoms with Gasteiger partial charge in [0.1, 0.15) is 5.52 Å². The van der Waals surface area contributed by atoms with Gasteiger partial charge in [0.15, 0.2) is 5.58 Å². The molecule has 1 amide bonds. The van der Waals surface area contributed by atoms with Crippen molar-refractivity contribution in [1.82, 2.24) is 4.98 Å². The minimum absolute atomic E-state index is 0.304. The van der Waals surface area contributed by atoms with Crippen molar-refractivity contribution < 1.29 is 9.21 Å². The van der Waals surface area contributed by atoms with E-state index < -0.39 is 0 Å². The molecule has 1 aromatic heterocycles. The van der Waals surface area contributed by atoms with Crippen molar-refractivity contribution in [3.63, 3.8) is 0 Å². The molecule has 1 heterocycles. The summed E-state index contributed by atoms with van der Waals surface area (Å²) in [6.45, 7) is 0. The number of nitrogens with one attached hydrogen (secondary N) is 1. The highest BCUT2D eigenvalue weighted by atomic mass is 79.9.